The van der Waals surface area contributed by atoms with E-state index in [2.05, 4.69) is 21.2 Å². The molecule has 10 heteroatoms. The Bertz CT molecular complexity index is 1310. The second kappa shape index (κ2) is 9.55. The minimum atomic E-state index is -2.42. The first kappa shape index (κ1) is 24.1. The Morgan fingerprint density at radius 3 is 2.86 bits per heavy atom. The maximum Gasteiger partial charge on any atom is 0.239 e. The molecule has 3 atom stereocenters. The lowest BCUT2D eigenvalue weighted by Gasteiger charge is -2.35. The summed E-state index contributed by atoms with van der Waals surface area (Å²) in [6.07, 6.45) is 3.22. The quantitative estimate of drug-likeness (QED) is 0.559. The molecular formula is C27H32F2N6O2. The van der Waals surface area contributed by atoms with Gasteiger partial charge in [-0.2, -0.15) is 10.2 Å². The largest absolute Gasteiger partial charge is 0.379 e. The van der Waals surface area contributed by atoms with Crippen molar-refractivity contribution in [3.05, 3.63) is 53.1 Å². The summed E-state index contributed by atoms with van der Waals surface area (Å²) in [6, 6.07) is 5.91. The van der Waals surface area contributed by atoms with Gasteiger partial charge in [-0.25, -0.2) is 8.78 Å². The molecule has 0 bridgehead atoms. The minimum Gasteiger partial charge on any atom is -0.379 e. The number of hydrogen-bond donors (Lipinski definition) is 1. The maximum atomic E-state index is 13.9. The highest BCUT2D eigenvalue weighted by Crippen LogP contribution is 2.43. The molecule has 1 fully saturated rings. The monoisotopic (exact) mass is 510 g/mol. The Balaban J connectivity index is 1.40. The number of nitrogens with zero attached hydrogens (tertiary/aromatic N) is 5. The molecule has 2 unspecified atom stereocenters. The number of ether oxygens (including phenoxy) is 1. The van der Waals surface area contributed by atoms with Crippen LogP contribution in [0.1, 0.15) is 54.4 Å². The van der Waals surface area contributed by atoms with E-state index in [1.165, 1.54) is 0 Å². The smallest absolute Gasteiger partial charge is 0.239 e. The molecule has 3 aromatic rings. The molecule has 3 aliphatic heterocycles. The van der Waals surface area contributed by atoms with Crippen molar-refractivity contribution in [2.24, 2.45) is 13.0 Å². The summed E-state index contributed by atoms with van der Waals surface area (Å²) in [5.41, 5.74) is 6.87. The lowest BCUT2D eigenvalue weighted by molar-refractivity contribution is -0.129. The number of halogens is 2. The number of anilines is 1. The molecule has 2 aromatic heterocycles. The number of carbonyl (C=O) groups excluding carboxylic acids is 1. The average Bonchev–Trinajstić information content (AvgIpc) is 3.62. The standard InChI is InChI=1S/C27H32F2N6O2/c1-16(36)34-7-5-24-22(14-34)27(32-35(24)21-6-8-37-15-21)26-19(11-25(28)29)10-18-9-17(3-4-23(18)31-26)20-12-30-33(2)13-20/h3-4,9,12-13,19,21,25-26,31H,5-8,10-11,14-15H2,1-2H3/t19?,21-,26?/m0/s1. The molecule has 3 aliphatic rings. The van der Waals surface area contributed by atoms with Crippen molar-refractivity contribution >= 4 is 11.6 Å². The molecule has 0 aliphatic carbocycles. The fraction of sp³-hybridized carbons (Fsp3) is 0.519. The number of rotatable bonds is 5. The van der Waals surface area contributed by atoms with E-state index in [4.69, 9.17) is 9.84 Å². The van der Waals surface area contributed by atoms with Gasteiger partial charge >= 0.3 is 0 Å². The number of benzene rings is 1. The van der Waals surface area contributed by atoms with Crippen LogP contribution in [0.15, 0.2) is 30.6 Å². The summed E-state index contributed by atoms with van der Waals surface area (Å²) in [5.74, 6) is -0.320. The van der Waals surface area contributed by atoms with E-state index < -0.39 is 6.43 Å². The number of amides is 1. The summed E-state index contributed by atoms with van der Waals surface area (Å²) >= 11 is 0. The van der Waals surface area contributed by atoms with Gasteiger partial charge in [0.15, 0.2) is 0 Å². The van der Waals surface area contributed by atoms with Crippen molar-refractivity contribution in [3.63, 3.8) is 0 Å². The Labute approximate surface area is 214 Å². The molecule has 0 spiro atoms. The van der Waals surface area contributed by atoms with E-state index in [9.17, 15) is 13.6 Å². The molecular weight excluding hydrogens is 478 g/mol. The highest BCUT2D eigenvalue weighted by molar-refractivity contribution is 5.73. The molecule has 37 heavy (non-hydrogen) atoms. The molecule has 0 saturated carbocycles. The van der Waals surface area contributed by atoms with Crippen molar-refractivity contribution in [2.45, 2.75) is 57.7 Å². The Morgan fingerprint density at radius 1 is 1.30 bits per heavy atom. The van der Waals surface area contributed by atoms with Crippen molar-refractivity contribution in [1.82, 2.24) is 24.5 Å². The Hall–Kier alpha value is -3.27. The molecule has 1 amide bonds. The van der Waals surface area contributed by atoms with E-state index in [1.807, 2.05) is 36.5 Å². The lowest BCUT2D eigenvalue weighted by atomic mass is 9.81. The Kier molecular flexibility index (Phi) is 6.22. The van der Waals surface area contributed by atoms with Gasteiger partial charge < -0.3 is 15.0 Å². The van der Waals surface area contributed by atoms with Gasteiger partial charge in [0.1, 0.15) is 0 Å². The van der Waals surface area contributed by atoms with Crippen LogP contribution in [-0.2, 0) is 36.0 Å². The minimum absolute atomic E-state index is 0.0163. The number of nitrogens with one attached hydrogen (secondary N) is 1. The molecule has 8 nitrogen and oxygen atoms in total. The molecule has 1 saturated heterocycles. The van der Waals surface area contributed by atoms with Crippen LogP contribution in [0.3, 0.4) is 0 Å². The van der Waals surface area contributed by atoms with Crippen LogP contribution >= 0.6 is 0 Å². The predicted octanol–water partition coefficient (Wildman–Crippen LogP) is 4.13. The first-order valence-electron chi connectivity index (χ1n) is 13.0. The van der Waals surface area contributed by atoms with Crippen LogP contribution in [0.25, 0.3) is 11.1 Å². The molecule has 1 N–H and O–H groups in total. The molecule has 1 aromatic carbocycles. The number of fused-ring (bicyclic) bond motifs is 2. The third-order valence-electron chi connectivity index (χ3n) is 8.00. The van der Waals surface area contributed by atoms with E-state index in [0.29, 0.717) is 39.1 Å². The highest BCUT2D eigenvalue weighted by Gasteiger charge is 2.38. The number of aromatic nitrogens is 4. The normalized spacial score (nSPS) is 23.2. The number of hydrogen-bond acceptors (Lipinski definition) is 5. The van der Waals surface area contributed by atoms with E-state index in [-0.39, 0.29) is 30.3 Å². The fourth-order valence-electron chi connectivity index (χ4n) is 6.09. The summed E-state index contributed by atoms with van der Waals surface area (Å²) < 4.78 is 37.2. The number of aryl methyl sites for hydroxylation is 1. The number of carbonyl (C=O) groups is 1. The van der Waals surface area contributed by atoms with Crippen molar-refractivity contribution in [3.8, 4) is 11.1 Å². The summed E-state index contributed by atoms with van der Waals surface area (Å²) in [6.45, 7) is 3.97. The van der Waals surface area contributed by atoms with Gasteiger partial charge in [0, 0.05) is 75.2 Å². The van der Waals surface area contributed by atoms with Crippen LogP contribution in [0.2, 0.25) is 0 Å². The van der Waals surface area contributed by atoms with Gasteiger partial charge in [0.25, 0.3) is 0 Å². The van der Waals surface area contributed by atoms with Gasteiger partial charge in [-0.05, 0) is 42.0 Å². The zero-order valence-electron chi connectivity index (χ0n) is 21.2. The van der Waals surface area contributed by atoms with Crippen LogP contribution in [0, 0.1) is 5.92 Å². The van der Waals surface area contributed by atoms with Gasteiger partial charge in [-0.15, -0.1) is 0 Å². The van der Waals surface area contributed by atoms with E-state index in [1.54, 1.807) is 11.6 Å². The lowest BCUT2D eigenvalue weighted by Crippen LogP contribution is -2.36. The zero-order valence-corrected chi connectivity index (χ0v) is 21.2. The fourth-order valence-corrected chi connectivity index (χ4v) is 6.09. The van der Waals surface area contributed by atoms with E-state index in [0.717, 1.165) is 45.7 Å². The average molecular weight is 511 g/mol. The van der Waals surface area contributed by atoms with Gasteiger partial charge in [-0.3, -0.25) is 14.2 Å². The molecule has 6 rings (SSSR count). The predicted molar refractivity (Wildman–Crippen MR) is 134 cm³/mol. The first-order valence-corrected chi connectivity index (χ1v) is 13.0. The van der Waals surface area contributed by atoms with Gasteiger partial charge in [-0.1, -0.05) is 6.07 Å². The highest BCUT2D eigenvalue weighted by atomic mass is 19.3. The SMILES string of the molecule is CC(=O)N1CCc2c(c(C3Nc4ccc(-c5cnn(C)c5)cc4CC3CC(F)F)nn2[C@H]2CCOC2)C1. The van der Waals surface area contributed by atoms with Crippen LogP contribution in [0.4, 0.5) is 14.5 Å². The molecule has 5 heterocycles. The second-order valence-corrected chi connectivity index (χ2v) is 10.5. The summed E-state index contributed by atoms with van der Waals surface area (Å²) in [7, 11) is 1.87. The Morgan fingerprint density at radius 2 is 2.16 bits per heavy atom. The van der Waals surface area contributed by atoms with Crippen molar-refractivity contribution in [1.29, 1.82) is 0 Å². The third kappa shape index (κ3) is 4.52. The summed E-state index contributed by atoms with van der Waals surface area (Å²) in [5, 5.41) is 12.9. The second-order valence-electron chi connectivity index (χ2n) is 10.5. The third-order valence-corrected chi connectivity index (χ3v) is 8.00. The zero-order chi connectivity index (χ0) is 25.7. The number of alkyl halides is 2. The topological polar surface area (TPSA) is 77.2 Å². The van der Waals surface area contributed by atoms with Gasteiger partial charge in [0.2, 0.25) is 12.3 Å². The molecule has 0 radical (unpaired) electrons. The molecule has 196 valence electrons. The first-order chi connectivity index (χ1) is 17.9. The summed E-state index contributed by atoms with van der Waals surface area (Å²) in [4.78, 5) is 14.1. The van der Waals surface area contributed by atoms with Crippen LogP contribution < -0.4 is 5.32 Å². The van der Waals surface area contributed by atoms with E-state index >= 15 is 0 Å². The van der Waals surface area contributed by atoms with Crippen molar-refractivity contribution < 1.29 is 18.3 Å². The van der Waals surface area contributed by atoms with Crippen LogP contribution in [0.5, 0.6) is 0 Å². The van der Waals surface area contributed by atoms with Crippen molar-refractivity contribution in [2.75, 3.05) is 25.1 Å². The van der Waals surface area contributed by atoms with Crippen LogP contribution in [-0.4, -0.2) is 56.6 Å². The van der Waals surface area contributed by atoms with Gasteiger partial charge in [0.05, 0.1) is 30.6 Å². The maximum absolute atomic E-state index is 13.9.